The molecule has 0 spiro atoms. The van der Waals surface area contributed by atoms with Crippen LogP contribution in [-0.2, 0) is 0 Å². The van der Waals surface area contributed by atoms with Crippen LogP contribution in [0.1, 0.15) is 25.0 Å². The molecule has 1 aromatic carbocycles. The van der Waals surface area contributed by atoms with Gasteiger partial charge < -0.3 is 4.90 Å². The van der Waals surface area contributed by atoms with E-state index >= 15 is 0 Å². The average Bonchev–Trinajstić information content (AvgIpc) is 2.64. The van der Waals surface area contributed by atoms with Crippen LogP contribution in [0, 0.1) is 0 Å². The fraction of sp³-hybridized carbons (Fsp3) is 0.308. The van der Waals surface area contributed by atoms with Crippen molar-refractivity contribution in [2.75, 3.05) is 13.1 Å². The lowest BCUT2D eigenvalue weighted by Gasteiger charge is -2.15. The highest BCUT2D eigenvalue weighted by Gasteiger charge is 2.17. The van der Waals surface area contributed by atoms with Crippen molar-refractivity contribution in [3.63, 3.8) is 0 Å². The van der Waals surface area contributed by atoms with Gasteiger partial charge in [0.25, 0.3) is 0 Å². The summed E-state index contributed by atoms with van der Waals surface area (Å²) in [6, 6.07) is 8.29. The standard InChI is InChI=1S/C13H15BrN2/c1-3-16(4-2)9-12-10-7-5-6-8-11(10)13(14)15-12/h5-9H,3-4H2,1-2H3/b12-9+. The van der Waals surface area contributed by atoms with Gasteiger partial charge in [-0.05, 0) is 29.8 Å². The van der Waals surface area contributed by atoms with Crippen LogP contribution in [0.15, 0.2) is 35.5 Å². The lowest BCUT2D eigenvalue weighted by molar-refractivity contribution is 0.420. The third-order valence-electron chi connectivity index (χ3n) is 2.76. The van der Waals surface area contributed by atoms with Gasteiger partial charge in [0.15, 0.2) is 0 Å². The second-order valence-corrected chi connectivity index (χ2v) is 4.43. The van der Waals surface area contributed by atoms with E-state index in [2.05, 4.69) is 64.1 Å². The molecule has 0 aromatic heterocycles. The molecule has 2 rings (SSSR count). The molecule has 2 nitrogen and oxygen atoms in total. The third kappa shape index (κ3) is 2.05. The van der Waals surface area contributed by atoms with Gasteiger partial charge in [-0.1, -0.05) is 24.3 Å². The van der Waals surface area contributed by atoms with Crippen molar-refractivity contribution in [1.82, 2.24) is 4.90 Å². The first-order valence-corrected chi connectivity index (χ1v) is 6.35. The molecule has 0 N–H and O–H groups in total. The Morgan fingerprint density at radius 2 is 1.81 bits per heavy atom. The predicted molar refractivity (Wildman–Crippen MR) is 72.8 cm³/mol. The Morgan fingerprint density at radius 3 is 2.44 bits per heavy atom. The second-order valence-electron chi connectivity index (χ2n) is 3.68. The monoisotopic (exact) mass is 278 g/mol. The third-order valence-corrected chi connectivity index (χ3v) is 3.37. The zero-order valence-corrected chi connectivity index (χ0v) is 11.2. The topological polar surface area (TPSA) is 15.6 Å². The smallest absolute Gasteiger partial charge is 0.114 e. The molecule has 0 fully saturated rings. The predicted octanol–water partition coefficient (Wildman–Crippen LogP) is 3.48. The SMILES string of the molecule is CCN(/C=C1/N=C(Br)c2ccccc21)CC. The first kappa shape index (κ1) is 11.4. The van der Waals surface area contributed by atoms with Gasteiger partial charge in [0, 0.05) is 30.4 Å². The molecule has 0 saturated carbocycles. The van der Waals surface area contributed by atoms with E-state index in [4.69, 9.17) is 0 Å². The lowest BCUT2D eigenvalue weighted by atomic mass is 10.1. The molecular weight excluding hydrogens is 264 g/mol. The Hall–Kier alpha value is -1.09. The highest BCUT2D eigenvalue weighted by molar-refractivity contribution is 9.18. The molecule has 0 bridgehead atoms. The van der Waals surface area contributed by atoms with Gasteiger partial charge in [0.05, 0.1) is 5.70 Å². The molecule has 84 valence electrons. The molecule has 0 aliphatic carbocycles. The zero-order valence-electron chi connectivity index (χ0n) is 9.57. The Kier molecular flexibility index (Phi) is 3.44. The van der Waals surface area contributed by atoms with Gasteiger partial charge in [-0.25, -0.2) is 4.99 Å². The number of hydrogen-bond acceptors (Lipinski definition) is 2. The minimum atomic E-state index is 0.932. The van der Waals surface area contributed by atoms with Crippen molar-refractivity contribution >= 4 is 26.2 Å². The Balaban J connectivity index is 2.39. The second kappa shape index (κ2) is 4.83. The van der Waals surface area contributed by atoms with Gasteiger partial charge in [-0.2, -0.15) is 0 Å². The molecule has 1 aliphatic heterocycles. The van der Waals surface area contributed by atoms with E-state index < -0.39 is 0 Å². The van der Waals surface area contributed by atoms with Crippen molar-refractivity contribution in [1.29, 1.82) is 0 Å². The number of nitrogens with zero attached hydrogens (tertiary/aromatic N) is 2. The van der Waals surface area contributed by atoms with Crippen LogP contribution in [-0.4, -0.2) is 22.6 Å². The van der Waals surface area contributed by atoms with Crippen molar-refractivity contribution < 1.29 is 0 Å². The molecule has 1 aliphatic rings. The van der Waals surface area contributed by atoms with E-state index in [-0.39, 0.29) is 0 Å². The maximum Gasteiger partial charge on any atom is 0.114 e. The molecule has 1 heterocycles. The summed E-state index contributed by atoms with van der Waals surface area (Å²) in [6.07, 6.45) is 2.13. The summed E-state index contributed by atoms with van der Waals surface area (Å²) >= 11 is 3.50. The summed E-state index contributed by atoms with van der Waals surface area (Å²) in [5.41, 5.74) is 3.44. The fourth-order valence-corrected chi connectivity index (χ4v) is 2.33. The number of halogens is 1. The number of benzene rings is 1. The number of fused-ring (bicyclic) bond motifs is 1. The Labute approximate surface area is 105 Å². The highest BCUT2D eigenvalue weighted by atomic mass is 79.9. The Bertz CT molecular complexity index is 445. The van der Waals surface area contributed by atoms with E-state index in [0.29, 0.717) is 0 Å². The normalized spacial score (nSPS) is 16.2. The van der Waals surface area contributed by atoms with E-state index in [1.807, 2.05) is 6.07 Å². The fourth-order valence-electron chi connectivity index (χ4n) is 1.79. The molecule has 16 heavy (non-hydrogen) atoms. The minimum Gasteiger partial charge on any atom is -0.376 e. The molecule has 3 heteroatoms. The van der Waals surface area contributed by atoms with Crippen molar-refractivity contribution in [2.45, 2.75) is 13.8 Å². The molecule has 1 aromatic rings. The number of hydrogen-bond donors (Lipinski definition) is 0. The van der Waals surface area contributed by atoms with Crippen LogP contribution in [0.2, 0.25) is 0 Å². The maximum atomic E-state index is 4.54. The molecule has 0 saturated heterocycles. The molecule has 0 unspecified atom stereocenters. The summed E-state index contributed by atoms with van der Waals surface area (Å²) in [7, 11) is 0. The largest absolute Gasteiger partial charge is 0.376 e. The molecular formula is C13H15BrN2. The van der Waals surface area contributed by atoms with Crippen molar-refractivity contribution in [3.8, 4) is 0 Å². The van der Waals surface area contributed by atoms with E-state index in [1.54, 1.807) is 0 Å². The average molecular weight is 279 g/mol. The molecule has 0 radical (unpaired) electrons. The van der Waals surface area contributed by atoms with Gasteiger partial charge in [-0.3, -0.25) is 0 Å². The summed E-state index contributed by atoms with van der Waals surface area (Å²) < 4.78 is 0.932. The highest BCUT2D eigenvalue weighted by Crippen LogP contribution is 2.30. The van der Waals surface area contributed by atoms with Gasteiger partial charge >= 0.3 is 0 Å². The minimum absolute atomic E-state index is 0.932. The van der Waals surface area contributed by atoms with Crippen LogP contribution >= 0.6 is 15.9 Å². The summed E-state index contributed by atoms with van der Waals surface area (Å²) in [4.78, 5) is 6.80. The van der Waals surface area contributed by atoms with E-state index in [1.165, 1.54) is 11.1 Å². The first-order chi connectivity index (χ1) is 7.76. The summed E-state index contributed by atoms with van der Waals surface area (Å²) in [5, 5.41) is 0. The van der Waals surface area contributed by atoms with Gasteiger partial charge in [-0.15, -0.1) is 0 Å². The first-order valence-electron chi connectivity index (χ1n) is 5.56. The maximum absolute atomic E-state index is 4.54. The van der Waals surface area contributed by atoms with Crippen LogP contribution in [0.3, 0.4) is 0 Å². The van der Waals surface area contributed by atoms with Gasteiger partial charge in [0.2, 0.25) is 0 Å². The number of aliphatic imine (C=N–C) groups is 1. The van der Waals surface area contributed by atoms with Crippen LogP contribution in [0.4, 0.5) is 0 Å². The summed E-state index contributed by atoms with van der Waals surface area (Å²) in [6.45, 7) is 6.32. The van der Waals surface area contributed by atoms with Crippen molar-refractivity contribution in [3.05, 3.63) is 41.6 Å². The van der Waals surface area contributed by atoms with E-state index in [9.17, 15) is 0 Å². The lowest BCUT2D eigenvalue weighted by Crippen LogP contribution is -2.15. The quantitative estimate of drug-likeness (QED) is 0.827. The van der Waals surface area contributed by atoms with Crippen molar-refractivity contribution in [2.24, 2.45) is 4.99 Å². The van der Waals surface area contributed by atoms with Crippen LogP contribution in [0.5, 0.6) is 0 Å². The van der Waals surface area contributed by atoms with Crippen LogP contribution in [0.25, 0.3) is 5.70 Å². The van der Waals surface area contributed by atoms with Gasteiger partial charge in [0.1, 0.15) is 4.62 Å². The van der Waals surface area contributed by atoms with Crippen LogP contribution < -0.4 is 0 Å². The Morgan fingerprint density at radius 1 is 1.19 bits per heavy atom. The zero-order chi connectivity index (χ0) is 11.5. The number of rotatable bonds is 3. The molecule has 0 atom stereocenters. The molecule has 0 amide bonds. The van der Waals surface area contributed by atoms with E-state index in [0.717, 1.165) is 23.4 Å². The summed E-state index contributed by atoms with van der Waals surface area (Å²) in [5.74, 6) is 0.